The van der Waals surface area contributed by atoms with Crippen LogP contribution in [0.3, 0.4) is 0 Å². The fraction of sp³-hybridized carbons (Fsp3) is 0. The maximum absolute atomic E-state index is 3.82. The van der Waals surface area contributed by atoms with Gasteiger partial charge in [-0.3, -0.25) is 0 Å². The van der Waals surface area contributed by atoms with E-state index in [0.29, 0.717) is 0 Å². The molecule has 0 aliphatic carbocycles. The summed E-state index contributed by atoms with van der Waals surface area (Å²) in [7, 11) is 0. The summed E-state index contributed by atoms with van der Waals surface area (Å²) in [6.45, 7) is 0. The van der Waals surface area contributed by atoms with Crippen molar-refractivity contribution in [2.24, 2.45) is 0 Å². The second kappa shape index (κ2) is 14.3. The Balaban J connectivity index is 1.24. The highest BCUT2D eigenvalue weighted by Gasteiger charge is 2.17. The second-order valence-electron chi connectivity index (χ2n) is 12.3. The van der Waals surface area contributed by atoms with Gasteiger partial charge in [-0.05, 0) is 104 Å². The lowest BCUT2D eigenvalue weighted by molar-refractivity contribution is 1.28. The third kappa shape index (κ3) is 6.42. The van der Waals surface area contributed by atoms with Crippen LogP contribution >= 0.6 is 15.9 Å². The Morgan fingerprint density at radius 3 is 1.22 bits per heavy atom. The van der Waals surface area contributed by atoms with E-state index in [1.54, 1.807) is 0 Å². The molecule has 0 fully saturated rings. The van der Waals surface area contributed by atoms with Crippen LogP contribution in [0.15, 0.2) is 211 Å². The quantitative estimate of drug-likeness (QED) is 0.152. The third-order valence-electron chi connectivity index (χ3n) is 9.19. The summed E-state index contributed by atoms with van der Waals surface area (Å²) < 4.78 is 1.08. The van der Waals surface area contributed by atoms with Crippen LogP contribution in [0.1, 0.15) is 0 Å². The molecule has 0 aromatic heterocycles. The van der Waals surface area contributed by atoms with E-state index in [1.807, 2.05) is 0 Å². The van der Waals surface area contributed by atoms with Gasteiger partial charge >= 0.3 is 0 Å². The first-order valence-electron chi connectivity index (χ1n) is 16.9. The van der Waals surface area contributed by atoms with Gasteiger partial charge in [0, 0.05) is 21.5 Å². The van der Waals surface area contributed by atoms with Gasteiger partial charge in [-0.1, -0.05) is 174 Å². The Kier molecular flexibility index (Phi) is 8.93. The Labute approximate surface area is 302 Å². The molecule has 0 bridgehead atoms. The SMILES string of the molecule is Brc1ccccc1-c1ccccc1-c1ccc(-c2ccccc2)cc1-c1ccc(N(c2ccccc2)c2ccc(-c3ccccc3)cc2)cc1. The minimum absolute atomic E-state index is 1.08. The molecule has 0 aliphatic heterocycles. The molecule has 0 unspecified atom stereocenters. The van der Waals surface area contributed by atoms with Crippen LogP contribution in [0.2, 0.25) is 0 Å². The van der Waals surface area contributed by atoms with Gasteiger partial charge < -0.3 is 4.90 Å². The van der Waals surface area contributed by atoms with Crippen LogP contribution < -0.4 is 4.90 Å². The number of rotatable bonds is 8. The molecule has 238 valence electrons. The largest absolute Gasteiger partial charge is 0.311 e. The lowest BCUT2D eigenvalue weighted by Crippen LogP contribution is -2.09. The molecule has 0 saturated heterocycles. The summed E-state index contributed by atoms with van der Waals surface area (Å²) in [6, 6.07) is 73.6. The fourth-order valence-electron chi connectivity index (χ4n) is 6.71. The predicted molar refractivity (Wildman–Crippen MR) is 216 cm³/mol. The number of anilines is 3. The molecule has 8 aromatic rings. The molecular formula is C48H34BrN. The number of halogens is 1. The lowest BCUT2D eigenvalue weighted by Gasteiger charge is -2.26. The molecule has 0 aliphatic rings. The second-order valence-corrected chi connectivity index (χ2v) is 13.1. The van der Waals surface area contributed by atoms with E-state index in [-0.39, 0.29) is 0 Å². The number of para-hydroxylation sites is 1. The Bertz CT molecular complexity index is 2350. The Morgan fingerprint density at radius 2 is 0.640 bits per heavy atom. The summed E-state index contributed by atoms with van der Waals surface area (Å²) in [5.74, 6) is 0. The van der Waals surface area contributed by atoms with Crippen LogP contribution in [0.25, 0.3) is 55.6 Å². The normalized spacial score (nSPS) is 10.9. The molecule has 0 saturated carbocycles. The first-order valence-corrected chi connectivity index (χ1v) is 17.7. The lowest BCUT2D eigenvalue weighted by atomic mass is 9.87. The van der Waals surface area contributed by atoms with Gasteiger partial charge in [0.25, 0.3) is 0 Å². The summed E-state index contributed by atoms with van der Waals surface area (Å²) in [4.78, 5) is 2.32. The van der Waals surface area contributed by atoms with Gasteiger partial charge in [-0.25, -0.2) is 0 Å². The highest BCUT2D eigenvalue weighted by Crippen LogP contribution is 2.43. The van der Waals surface area contributed by atoms with E-state index < -0.39 is 0 Å². The van der Waals surface area contributed by atoms with Gasteiger partial charge in [0.05, 0.1) is 0 Å². The minimum Gasteiger partial charge on any atom is -0.311 e. The first kappa shape index (κ1) is 31.3. The van der Waals surface area contributed by atoms with Gasteiger partial charge in [0.1, 0.15) is 0 Å². The molecule has 0 amide bonds. The monoisotopic (exact) mass is 703 g/mol. The molecular weight excluding hydrogens is 670 g/mol. The smallest absolute Gasteiger partial charge is 0.0462 e. The average Bonchev–Trinajstić information content (AvgIpc) is 3.20. The van der Waals surface area contributed by atoms with Crippen molar-refractivity contribution >= 4 is 33.0 Å². The number of hydrogen-bond acceptors (Lipinski definition) is 1. The summed E-state index contributed by atoms with van der Waals surface area (Å²) >= 11 is 3.82. The molecule has 0 N–H and O–H groups in total. The number of nitrogens with zero attached hydrogens (tertiary/aromatic N) is 1. The van der Waals surface area contributed by atoms with E-state index in [0.717, 1.165) is 27.1 Å². The van der Waals surface area contributed by atoms with Crippen molar-refractivity contribution in [3.63, 3.8) is 0 Å². The van der Waals surface area contributed by atoms with Crippen molar-refractivity contribution in [2.45, 2.75) is 0 Å². The van der Waals surface area contributed by atoms with Crippen molar-refractivity contribution in [3.05, 3.63) is 211 Å². The van der Waals surface area contributed by atoms with Crippen LogP contribution in [-0.2, 0) is 0 Å². The van der Waals surface area contributed by atoms with Crippen molar-refractivity contribution in [1.82, 2.24) is 0 Å². The van der Waals surface area contributed by atoms with Gasteiger partial charge in [-0.2, -0.15) is 0 Å². The van der Waals surface area contributed by atoms with Crippen LogP contribution in [0.5, 0.6) is 0 Å². The zero-order valence-corrected chi connectivity index (χ0v) is 29.0. The summed E-state index contributed by atoms with van der Waals surface area (Å²) in [6.07, 6.45) is 0. The van der Waals surface area contributed by atoms with Crippen molar-refractivity contribution < 1.29 is 0 Å². The van der Waals surface area contributed by atoms with Gasteiger partial charge in [0.15, 0.2) is 0 Å². The third-order valence-corrected chi connectivity index (χ3v) is 9.88. The van der Waals surface area contributed by atoms with Gasteiger partial charge in [0.2, 0.25) is 0 Å². The maximum Gasteiger partial charge on any atom is 0.0462 e. The van der Waals surface area contributed by atoms with E-state index in [9.17, 15) is 0 Å². The predicted octanol–water partition coefficient (Wildman–Crippen LogP) is 14.3. The van der Waals surface area contributed by atoms with Crippen LogP contribution in [0.4, 0.5) is 17.1 Å². The Morgan fingerprint density at radius 1 is 0.260 bits per heavy atom. The molecule has 2 heteroatoms. The van der Waals surface area contributed by atoms with Crippen LogP contribution in [-0.4, -0.2) is 0 Å². The molecule has 8 rings (SSSR count). The first-order chi connectivity index (χ1) is 24.7. The van der Waals surface area contributed by atoms with Gasteiger partial charge in [-0.15, -0.1) is 0 Å². The molecule has 1 nitrogen and oxygen atoms in total. The van der Waals surface area contributed by atoms with E-state index in [1.165, 1.54) is 50.1 Å². The standard InChI is InChI=1S/C48H34BrN/c49-48-23-13-12-22-46(48)44-21-11-10-20-43(44)45-33-28-39(36-16-6-2-7-17-36)34-47(45)38-26-31-42(32-27-38)50(40-18-8-3-9-19-40)41-29-24-37(25-30-41)35-14-4-1-5-15-35/h1-34H. The molecule has 0 spiro atoms. The fourth-order valence-corrected chi connectivity index (χ4v) is 7.21. The zero-order valence-electron chi connectivity index (χ0n) is 27.5. The zero-order chi connectivity index (χ0) is 33.7. The molecule has 8 aromatic carbocycles. The van der Waals surface area contributed by atoms with Crippen molar-refractivity contribution in [3.8, 4) is 55.6 Å². The van der Waals surface area contributed by atoms with Crippen molar-refractivity contribution in [2.75, 3.05) is 4.90 Å². The molecule has 50 heavy (non-hydrogen) atoms. The molecule has 0 heterocycles. The topological polar surface area (TPSA) is 3.24 Å². The summed E-state index contributed by atoms with van der Waals surface area (Å²) in [5, 5.41) is 0. The Hall–Kier alpha value is -5.96. The molecule has 0 atom stereocenters. The average molecular weight is 705 g/mol. The van der Waals surface area contributed by atoms with E-state index in [4.69, 9.17) is 0 Å². The number of benzene rings is 8. The molecule has 0 radical (unpaired) electrons. The highest BCUT2D eigenvalue weighted by molar-refractivity contribution is 9.10. The number of hydrogen-bond donors (Lipinski definition) is 0. The summed E-state index contributed by atoms with van der Waals surface area (Å²) in [5.41, 5.74) is 15.2. The van der Waals surface area contributed by atoms with Crippen molar-refractivity contribution in [1.29, 1.82) is 0 Å². The van der Waals surface area contributed by atoms with E-state index in [2.05, 4.69) is 227 Å². The maximum atomic E-state index is 3.82. The van der Waals surface area contributed by atoms with Crippen LogP contribution in [0, 0.1) is 0 Å². The van der Waals surface area contributed by atoms with E-state index >= 15 is 0 Å². The highest BCUT2D eigenvalue weighted by atomic mass is 79.9. The minimum atomic E-state index is 1.08.